The molecule has 3 heterocycles. The van der Waals surface area contributed by atoms with Crippen LogP contribution in [0.5, 0.6) is 5.75 Å². The van der Waals surface area contributed by atoms with Gasteiger partial charge < -0.3 is 20.8 Å². The summed E-state index contributed by atoms with van der Waals surface area (Å²) in [5.41, 5.74) is 6.83. The molecule has 41 heavy (non-hydrogen) atoms. The van der Waals surface area contributed by atoms with E-state index in [0.717, 1.165) is 44.1 Å². The molecule has 16 heteroatoms. The molecule has 0 aliphatic carbocycles. The van der Waals surface area contributed by atoms with Crippen LogP contribution in [0.3, 0.4) is 0 Å². The van der Waals surface area contributed by atoms with Gasteiger partial charge in [0, 0.05) is 12.7 Å². The van der Waals surface area contributed by atoms with E-state index < -0.39 is 41.2 Å². The number of pyridine rings is 1. The van der Waals surface area contributed by atoms with Crippen LogP contribution in [0.4, 0.5) is 37.8 Å². The molecule has 0 saturated heterocycles. The molecule has 5 N–H and O–H groups in total. The van der Waals surface area contributed by atoms with Gasteiger partial charge in [-0.2, -0.15) is 27.1 Å². The summed E-state index contributed by atoms with van der Waals surface area (Å²) in [6.45, 7) is -0.392. The zero-order valence-corrected chi connectivity index (χ0v) is 21.5. The summed E-state index contributed by atoms with van der Waals surface area (Å²) in [6, 6.07) is 4.30. The molecule has 0 saturated carbocycles. The summed E-state index contributed by atoms with van der Waals surface area (Å²) >= 11 is 0. The van der Waals surface area contributed by atoms with Crippen LogP contribution in [-0.4, -0.2) is 31.3 Å². The van der Waals surface area contributed by atoms with Crippen LogP contribution in [-0.2, 0) is 12.7 Å². The fourth-order valence-electron chi connectivity index (χ4n) is 3.77. The van der Waals surface area contributed by atoms with Gasteiger partial charge in [-0.25, -0.2) is 19.5 Å². The van der Waals surface area contributed by atoms with Crippen molar-refractivity contribution in [1.82, 2.24) is 24.7 Å². The van der Waals surface area contributed by atoms with Crippen molar-refractivity contribution in [3.63, 3.8) is 0 Å². The highest BCUT2D eigenvalue weighted by atomic mass is 19.4. The van der Waals surface area contributed by atoms with Gasteiger partial charge in [0.1, 0.15) is 11.4 Å². The van der Waals surface area contributed by atoms with Crippen molar-refractivity contribution in [1.29, 1.82) is 0 Å². The van der Waals surface area contributed by atoms with Crippen LogP contribution in [0.1, 0.15) is 38.2 Å². The monoisotopic (exact) mass is 585 g/mol. The van der Waals surface area contributed by atoms with Crippen LogP contribution in [0.25, 0.3) is 22.2 Å². The summed E-state index contributed by atoms with van der Waals surface area (Å²) in [5, 5.41) is 5.50. The Bertz CT molecular complexity index is 1620. The Kier molecular flexibility index (Phi) is 9.91. The maximum Gasteiger partial charge on any atom is 0.423 e. The number of halogens is 6. The summed E-state index contributed by atoms with van der Waals surface area (Å²) in [4.78, 5) is 30.9. The normalized spacial score (nSPS) is 11.4. The Morgan fingerprint density at radius 3 is 2.41 bits per heavy atom. The molecule has 0 aliphatic rings. The maximum atomic E-state index is 14.7. The van der Waals surface area contributed by atoms with Gasteiger partial charge >= 0.3 is 12.8 Å². The Hall–Kier alpha value is -4.63. The molecule has 10 nitrogen and oxygen atoms in total. The molecule has 1 aromatic carbocycles. The number of H-pyrrole nitrogens is 1. The number of unbranched alkanes of at least 4 members (excludes halogenated alkanes) is 3. The van der Waals surface area contributed by atoms with Gasteiger partial charge in [-0.15, -0.1) is 0 Å². The highest BCUT2D eigenvalue weighted by Crippen LogP contribution is 2.30. The number of rotatable bonds is 8. The van der Waals surface area contributed by atoms with E-state index >= 15 is 0 Å². The number of nitrogens with two attached hydrogens (primary N) is 2. The molecule has 0 aliphatic heterocycles. The van der Waals surface area contributed by atoms with E-state index in [-0.39, 0.29) is 28.2 Å². The smallest absolute Gasteiger partial charge is 0.423 e. The second kappa shape index (κ2) is 13.1. The van der Waals surface area contributed by atoms with Crippen LogP contribution >= 0.6 is 0 Å². The number of nitrogens with one attached hydrogen (secondary N) is 1. The predicted octanol–water partition coefficient (Wildman–Crippen LogP) is 4.73. The van der Waals surface area contributed by atoms with Crippen molar-refractivity contribution in [2.24, 2.45) is 0 Å². The number of nitrogen functional groups attached to an aromatic ring is 2. The highest BCUT2D eigenvalue weighted by Gasteiger charge is 2.36. The second-order valence-electron chi connectivity index (χ2n) is 8.64. The fraction of sp³-hybridized carbons (Fsp3) is 0.320. The SMILES string of the molecule is CCCCCCn1ccc2cc(-c3ncc(OC(F)F)c(N)n3)c(F)cc2c1=O.Nc1cn[nH]c(=O)c1C(F)(F)F. The first-order valence-corrected chi connectivity index (χ1v) is 12.1. The van der Waals surface area contributed by atoms with Gasteiger partial charge in [-0.1, -0.05) is 26.2 Å². The second-order valence-corrected chi connectivity index (χ2v) is 8.64. The van der Waals surface area contributed by atoms with Crippen molar-refractivity contribution in [2.45, 2.75) is 51.9 Å². The Balaban J connectivity index is 0.000000322. The van der Waals surface area contributed by atoms with E-state index in [0.29, 0.717) is 11.9 Å². The molecule has 220 valence electrons. The van der Waals surface area contributed by atoms with Crippen molar-refractivity contribution in [2.75, 3.05) is 11.5 Å². The molecule has 0 atom stereocenters. The zero-order valence-electron chi connectivity index (χ0n) is 21.5. The molecule has 4 aromatic rings. The number of ether oxygens (including phenoxy) is 1. The van der Waals surface area contributed by atoms with E-state index in [4.69, 9.17) is 11.5 Å². The molecular weight excluding hydrogens is 560 g/mol. The lowest BCUT2D eigenvalue weighted by atomic mass is 10.1. The molecule has 0 unspecified atom stereocenters. The maximum absolute atomic E-state index is 14.7. The predicted molar refractivity (Wildman–Crippen MR) is 139 cm³/mol. The van der Waals surface area contributed by atoms with Gasteiger partial charge in [0.05, 0.1) is 29.0 Å². The van der Waals surface area contributed by atoms with Crippen molar-refractivity contribution < 1.29 is 31.1 Å². The molecule has 4 rings (SSSR count). The van der Waals surface area contributed by atoms with E-state index in [1.54, 1.807) is 21.9 Å². The topological polar surface area (TPSA) is 155 Å². The van der Waals surface area contributed by atoms with E-state index in [2.05, 4.69) is 26.7 Å². The minimum atomic E-state index is -4.74. The number of aromatic nitrogens is 5. The van der Waals surface area contributed by atoms with Crippen LogP contribution in [0.2, 0.25) is 0 Å². The van der Waals surface area contributed by atoms with E-state index in [1.807, 2.05) is 0 Å². The third-order valence-corrected chi connectivity index (χ3v) is 5.73. The molecule has 0 amide bonds. The molecule has 0 spiro atoms. The van der Waals surface area contributed by atoms with E-state index in [9.17, 15) is 35.9 Å². The summed E-state index contributed by atoms with van der Waals surface area (Å²) in [7, 11) is 0. The van der Waals surface area contributed by atoms with Gasteiger partial charge in [0.25, 0.3) is 11.1 Å². The largest absolute Gasteiger partial charge is 0.429 e. The van der Waals surface area contributed by atoms with Crippen molar-refractivity contribution in [3.05, 3.63) is 68.9 Å². The van der Waals surface area contributed by atoms with E-state index in [1.165, 1.54) is 6.07 Å². The average molecular weight is 586 g/mol. The minimum Gasteiger partial charge on any atom is -0.429 e. The van der Waals surface area contributed by atoms with Gasteiger partial charge in [0.15, 0.2) is 17.4 Å². The number of nitrogens with zero attached hydrogens (tertiary/aromatic N) is 4. The lowest BCUT2D eigenvalue weighted by Gasteiger charge is -2.10. The number of benzene rings is 1. The molecule has 3 aromatic heterocycles. The Morgan fingerprint density at radius 2 is 1.83 bits per heavy atom. The third kappa shape index (κ3) is 7.73. The zero-order chi connectivity index (χ0) is 30.3. The molecule has 0 fully saturated rings. The highest BCUT2D eigenvalue weighted by molar-refractivity contribution is 5.86. The lowest BCUT2D eigenvalue weighted by Crippen LogP contribution is -2.24. The number of hydrogen-bond donors (Lipinski definition) is 3. The lowest BCUT2D eigenvalue weighted by molar-refractivity contribution is -0.138. The van der Waals surface area contributed by atoms with Gasteiger partial charge in [-0.05, 0) is 30.0 Å². The van der Waals surface area contributed by atoms with Crippen LogP contribution in [0.15, 0.2) is 46.4 Å². The molecule has 0 bridgehead atoms. The Labute approximate surface area is 228 Å². The summed E-state index contributed by atoms with van der Waals surface area (Å²) in [5.74, 6) is -1.53. The summed E-state index contributed by atoms with van der Waals surface area (Å²) < 4.78 is 81.0. The average Bonchev–Trinajstić information content (AvgIpc) is 2.88. The third-order valence-electron chi connectivity index (χ3n) is 5.73. The number of aryl methyl sites for hydroxylation is 1. The standard InChI is InChI=1S/C20H21F3N4O2.C5H4F3N3O/c1-2-3-4-5-7-27-8-6-12-9-14(15(21)10-13(12)19(27)28)18-25-11-16(17(24)26-18)29-20(22)23;6-5(7,8)3-2(9)1-10-11-4(3)12/h6,8-11,20H,2-5,7H2,1H3,(H2,24,25,26);1H,(H3,9,11,12). The first-order chi connectivity index (χ1) is 19.3. The number of anilines is 2. The minimum absolute atomic E-state index is 0.00731. The van der Waals surface area contributed by atoms with Crippen molar-refractivity contribution in [3.8, 4) is 17.1 Å². The number of aromatic amines is 1. The van der Waals surface area contributed by atoms with Gasteiger partial charge in [-0.3, -0.25) is 9.59 Å². The quantitative estimate of drug-likeness (QED) is 0.198. The Morgan fingerprint density at radius 1 is 1.10 bits per heavy atom. The number of fused-ring (bicyclic) bond motifs is 1. The molecule has 0 radical (unpaired) electrons. The number of hydrogen-bond acceptors (Lipinski definition) is 8. The first-order valence-electron chi connectivity index (χ1n) is 12.1. The summed E-state index contributed by atoms with van der Waals surface area (Å²) in [6.07, 6.45) is 2.74. The van der Waals surface area contributed by atoms with Crippen molar-refractivity contribution >= 4 is 22.3 Å². The number of alkyl halides is 5. The van der Waals surface area contributed by atoms with Crippen LogP contribution in [0, 0.1) is 5.82 Å². The molecular formula is C25H25F6N7O3. The first kappa shape index (κ1) is 30.9. The van der Waals surface area contributed by atoms with Gasteiger partial charge in [0.2, 0.25) is 0 Å². The van der Waals surface area contributed by atoms with Crippen LogP contribution < -0.4 is 27.3 Å². The fourth-order valence-corrected chi connectivity index (χ4v) is 3.77.